The second-order valence-electron chi connectivity index (χ2n) is 9.90. The van der Waals surface area contributed by atoms with E-state index < -0.39 is 23.0 Å². The molecular weight excluding hydrogens is 558 g/mol. The van der Waals surface area contributed by atoms with Gasteiger partial charge in [-0.25, -0.2) is 13.8 Å². The zero-order chi connectivity index (χ0) is 30.7. The summed E-state index contributed by atoms with van der Waals surface area (Å²) in [4.78, 5) is 37.7. The lowest BCUT2D eigenvalue weighted by Crippen LogP contribution is -2.46. The lowest BCUT2D eigenvalue weighted by molar-refractivity contribution is -0.111. The summed E-state index contributed by atoms with van der Waals surface area (Å²) >= 11 is 0. The molecule has 10 nitrogen and oxygen atoms in total. The van der Waals surface area contributed by atoms with Gasteiger partial charge in [-0.05, 0) is 36.9 Å². The lowest BCUT2D eigenvalue weighted by Gasteiger charge is -2.35. The first-order valence-electron chi connectivity index (χ1n) is 13.7. The number of H-pyrrole nitrogens is 1. The van der Waals surface area contributed by atoms with E-state index in [9.17, 15) is 9.59 Å². The van der Waals surface area contributed by atoms with Crippen molar-refractivity contribution >= 4 is 45.5 Å². The number of halogens is 2. The summed E-state index contributed by atoms with van der Waals surface area (Å²) in [6.07, 6.45) is 4.05. The van der Waals surface area contributed by atoms with Crippen LogP contribution in [-0.4, -0.2) is 73.5 Å². The summed E-state index contributed by atoms with van der Waals surface area (Å²) in [6, 6.07) is 8.31. The molecule has 224 valence electrons. The van der Waals surface area contributed by atoms with Crippen LogP contribution in [0.1, 0.15) is 22.8 Å². The van der Waals surface area contributed by atoms with E-state index in [1.807, 2.05) is 18.2 Å². The molecule has 1 aliphatic rings. The number of methoxy groups -OCH3 is 2. The smallest absolute Gasteiger partial charge is 0.247 e. The number of carbonyl (C=O) groups is 2. The molecule has 0 bridgehead atoms. The Morgan fingerprint density at radius 2 is 1.74 bits per heavy atom. The fourth-order valence-electron chi connectivity index (χ4n) is 5.08. The molecule has 0 saturated carbocycles. The first-order chi connectivity index (χ1) is 20.8. The van der Waals surface area contributed by atoms with Crippen molar-refractivity contribution in [2.45, 2.75) is 6.92 Å². The maximum absolute atomic E-state index is 15.1. The third-order valence-corrected chi connectivity index (χ3v) is 7.51. The minimum Gasteiger partial charge on any atom is -0.494 e. The van der Waals surface area contributed by atoms with E-state index in [4.69, 9.17) is 9.47 Å². The van der Waals surface area contributed by atoms with Gasteiger partial charge in [0.25, 0.3) is 0 Å². The molecule has 43 heavy (non-hydrogen) atoms. The van der Waals surface area contributed by atoms with Crippen LogP contribution in [0.3, 0.4) is 0 Å². The number of nitrogens with zero attached hydrogens (tertiary/aromatic N) is 3. The monoisotopic (exact) mass is 590 g/mol. The van der Waals surface area contributed by atoms with Crippen molar-refractivity contribution in [1.82, 2.24) is 14.9 Å². The summed E-state index contributed by atoms with van der Waals surface area (Å²) in [5, 5.41) is 6.42. The molecule has 3 N–H and O–H groups in total. The van der Waals surface area contributed by atoms with Gasteiger partial charge in [-0.1, -0.05) is 13.5 Å². The number of likely N-dealkylation sites (N-methyl/N-ethyl adjacent to an activating group) is 1. The number of aromatic nitrogens is 2. The number of ether oxygens (including phenoxy) is 2. The van der Waals surface area contributed by atoms with E-state index in [-0.39, 0.29) is 23.0 Å². The minimum absolute atomic E-state index is 0.0234. The molecule has 2 aromatic heterocycles. The Hall–Kier alpha value is -4.97. The van der Waals surface area contributed by atoms with Crippen LogP contribution >= 0.6 is 0 Å². The van der Waals surface area contributed by atoms with Gasteiger partial charge in [-0.15, -0.1) is 0 Å². The van der Waals surface area contributed by atoms with Gasteiger partial charge in [0.05, 0.1) is 37.3 Å². The van der Waals surface area contributed by atoms with Gasteiger partial charge in [0, 0.05) is 55.1 Å². The van der Waals surface area contributed by atoms with Crippen LogP contribution in [0.5, 0.6) is 11.5 Å². The SMILES string of the molecule is C=CC(=O)Nc1cc(N2CCN(CC)CC2)ccc1Nc1cc2c(C(=O)c3c(F)c(OC)cc(OC)c3F)c[nH]c2cn1. The van der Waals surface area contributed by atoms with Crippen molar-refractivity contribution in [3.05, 3.63) is 78.1 Å². The number of fused-ring (bicyclic) bond motifs is 1. The highest BCUT2D eigenvalue weighted by Crippen LogP contribution is 2.35. The number of anilines is 4. The standard InChI is InChI=1S/C31H32F2N6O4/c1-5-27(40)37-22-13-18(39-11-9-38(6-2)10-12-39)7-8-21(22)36-26-14-19-20(16-34-23(19)17-35-26)31(41)28-29(32)24(42-3)15-25(43-4)30(28)33/h5,7-8,13-17,34H,1,6,9-12H2,2-4H3,(H,35,36)(H,37,40). The van der Waals surface area contributed by atoms with Crippen molar-refractivity contribution in [3.63, 3.8) is 0 Å². The Kier molecular flexibility index (Phi) is 8.58. The van der Waals surface area contributed by atoms with Crippen LogP contribution in [-0.2, 0) is 4.79 Å². The van der Waals surface area contributed by atoms with Crippen LogP contribution in [0.2, 0.25) is 0 Å². The van der Waals surface area contributed by atoms with E-state index in [0.717, 1.165) is 44.5 Å². The number of rotatable bonds is 10. The minimum atomic E-state index is -1.13. The molecule has 1 saturated heterocycles. The second-order valence-corrected chi connectivity index (χ2v) is 9.90. The topological polar surface area (TPSA) is 112 Å². The molecular formula is C31H32F2N6O4. The first kappa shape index (κ1) is 29.5. The third-order valence-electron chi connectivity index (χ3n) is 7.51. The van der Waals surface area contributed by atoms with Crippen LogP contribution in [0.25, 0.3) is 10.9 Å². The predicted octanol–water partition coefficient (Wildman–Crippen LogP) is 5.10. The molecule has 3 heterocycles. The Bertz CT molecular complexity index is 1670. The summed E-state index contributed by atoms with van der Waals surface area (Å²) < 4.78 is 40.2. The highest BCUT2D eigenvalue weighted by atomic mass is 19.1. The molecule has 12 heteroatoms. The molecule has 0 spiro atoms. The van der Waals surface area contributed by atoms with Crippen molar-refractivity contribution in [1.29, 1.82) is 0 Å². The summed E-state index contributed by atoms with van der Waals surface area (Å²) in [6.45, 7) is 10.3. The average molecular weight is 591 g/mol. The number of piperazine rings is 1. The number of ketones is 1. The van der Waals surface area contributed by atoms with E-state index in [1.54, 1.807) is 6.07 Å². The zero-order valence-corrected chi connectivity index (χ0v) is 24.1. The quantitative estimate of drug-likeness (QED) is 0.173. The number of aromatic amines is 1. The number of amides is 1. The Morgan fingerprint density at radius 1 is 1.05 bits per heavy atom. The van der Waals surface area contributed by atoms with Gasteiger partial charge >= 0.3 is 0 Å². The van der Waals surface area contributed by atoms with Gasteiger partial charge in [0.15, 0.2) is 23.1 Å². The second kappa shape index (κ2) is 12.5. The molecule has 0 radical (unpaired) electrons. The molecule has 1 amide bonds. The first-order valence-corrected chi connectivity index (χ1v) is 13.7. The zero-order valence-electron chi connectivity index (χ0n) is 24.1. The van der Waals surface area contributed by atoms with Crippen molar-refractivity contribution in [2.24, 2.45) is 0 Å². The number of nitrogens with one attached hydrogen (secondary N) is 3. The van der Waals surface area contributed by atoms with Gasteiger partial charge in [-0.3, -0.25) is 9.59 Å². The van der Waals surface area contributed by atoms with Crippen molar-refractivity contribution in [3.8, 4) is 11.5 Å². The van der Waals surface area contributed by atoms with Crippen LogP contribution in [0, 0.1) is 11.6 Å². The average Bonchev–Trinajstić information content (AvgIpc) is 3.45. The number of hydrogen-bond donors (Lipinski definition) is 3. The molecule has 1 fully saturated rings. The third kappa shape index (κ3) is 5.86. The number of carbonyl (C=O) groups excluding carboxylic acids is 2. The molecule has 1 aliphatic heterocycles. The highest BCUT2D eigenvalue weighted by Gasteiger charge is 2.28. The van der Waals surface area contributed by atoms with E-state index in [1.165, 1.54) is 32.7 Å². The fourth-order valence-corrected chi connectivity index (χ4v) is 5.08. The van der Waals surface area contributed by atoms with Crippen molar-refractivity contribution < 1.29 is 27.8 Å². The van der Waals surface area contributed by atoms with Crippen LogP contribution < -0.4 is 25.0 Å². The summed E-state index contributed by atoms with van der Waals surface area (Å²) in [5.74, 6) is -3.86. The Balaban J connectivity index is 1.48. The van der Waals surface area contributed by atoms with Crippen LogP contribution in [0.4, 0.5) is 31.7 Å². The number of hydrogen-bond acceptors (Lipinski definition) is 8. The Morgan fingerprint density at radius 3 is 2.37 bits per heavy atom. The Labute approximate surface area is 247 Å². The fraction of sp³-hybridized carbons (Fsp3) is 0.258. The maximum atomic E-state index is 15.1. The molecule has 0 aliphatic carbocycles. The van der Waals surface area contributed by atoms with E-state index >= 15 is 8.78 Å². The highest BCUT2D eigenvalue weighted by molar-refractivity contribution is 6.17. The molecule has 2 aromatic carbocycles. The van der Waals surface area contributed by atoms with E-state index in [0.29, 0.717) is 28.1 Å². The number of pyridine rings is 1. The lowest BCUT2D eigenvalue weighted by atomic mass is 10.0. The summed E-state index contributed by atoms with van der Waals surface area (Å²) in [5.41, 5.74) is 1.73. The summed E-state index contributed by atoms with van der Waals surface area (Å²) in [7, 11) is 2.42. The normalized spacial score (nSPS) is 13.6. The van der Waals surface area contributed by atoms with Crippen LogP contribution in [0.15, 0.2) is 55.4 Å². The van der Waals surface area contributed by atoms with Crippen molar-refractivity contribution in [2.75, 3.05) is 62.5 Å². The number of benzene rings is 2. The largest absolute Gasteiger partial charge is 0.494 e. The van der Waals surface area contributed by atoms with Gasteiger partial charge < -0.3 is 34.9 Å². The van der Waals surface area contributed by atoms with Gasteiger partial charge in [-0.2, -0.15) is 0 Å². The van der Waals surface area contributed by atoms with Gasteiger partial charge in [0.2, 0.25) is 11.7 Å². The molecule has 5 rings (SSSR count). The molecule has 0 atom stereocenters. The maximum Gasteiger partial charge on any atom is 0.247 e. The molecule has 0 unspecified atom stereocenters. The van der Waals surface area contributed by atoms with E-state index in [2.05, 4.69) is 43.9 Å². The van der Waals surface area contributed by atoms with Gasteiger partial charge in [0.1, 0.15) is 11.4 Å². The predicted molar refractivity (Wildman–Crippen MR) is 162 cm³/mol. The molecule has 4 aromatic rings.